The van der Waals surface area contributed by atoms with Gasteiger partial charge in [-0.1, -0.05) is 12.1 Å². The minimum absolute atomic E-state index is 0.187. The number of carbonyl (C=O) groups is 1. The fourth-order valence-electron chi connectivity index (χ4n) is 2.87. The molecular weight excluding hydrogens is 384 g/mol. The van der Waals surface area contributed by atoms with Crippen LogP contribution in [0.15, 0.2) is 54.7 Å². The smallest absolute Gasteiger partial charge is 0.264 e. The first-order valence-corrected chi connectivity index (χ1v) is 9.61. The Kier molecular flexibility index (Phi) is 5.88. The quantitative estimate of drug-likeness (QED) is 0.513. The van der Waals surface area contributed by atoms with Gasteiger partial charge < -0.3 is 25.4 Å². The Hall–Kier alpha value is -3.88. The maximum atomic E-state index is 12.3. The molecule has 1 aliphatic rings. The molecule has 3 heterocycles. The molecule has 3 aromatic rings. The summed E-state index contributed by atoms with van der Waals surface area (Å²) in [6.45, 7) is 3.09. The number of rotatable bonds is 7. The van der Waals surface area contributed by atoms with Crippen molar-refractivity contribution in [2.45, 2.75) is 13.0 Å². The number of nitrogens with one attached hydrogen (secondary N) is 3. The second kappa shape index (κ2) is 9.08. The monoisotopic (exact) mass is 406 g/mol. The van der Waals surface area contributed by atoms with Crippen LogP contribution in [0.25, 0.3) is 0 Å². The molecule has 9 heteroatoms. The van der Waals surface area contributed by atoms with Crippen molar-refractivity contribution in [3.8, 4) is 11.5 Å². The van der Waals surface area contributed by atoms with Crippen molar-refractivity contribution in [2.75, 3.05) is 30.3 Å². The van der Waals surface area contributed by atoms with Crippen LogP contribution in [0.2, 0.25) is 0 Å². The molecule has 0 bridgehead atoms. The first kappa shape index (κ1) is 19.4. The number of carbonyl (C=O) groups excluding carboxylic acids is 1. The number of amides is 1. The number of pyridine rings is 1. The first-order valence-electron chi connectivity index (χ1n) is 9.61. The van der Waals surface area contributed by atoms with Gasteiger partial charge in [-0.3, -0.25) is 4.79 Å². The van der Waals surface area contributed by atoms with Crippen LogP contribution in [0.5, 0.6) is 11.5 Å². The summed E-state index contributed by atoms with van der Waals surface area (Å²) < 4.78 is 11.2. The van der Waals surface area contributed by atoms with E-state index in [9.17, 15) is 4.79 Å². The molecule has 30 heavy (non-hydrogen) atoms. The van der Waals surface area contributed by atoms with Crippen LogP contribution >= 0.6 is 0 Å². The van der Waals surface area contributed by atoms with E-state index >= 15 is 0 Å². The molecular formula is C21H22N6O3. The average Bonchev–Trinajstić information content (AvgIpc) is 2.77. The van der Waals surface area contributed by atoms with Gasteiger partial charge in [0.25, 0.3) is 5.91 Å². The second-order valence-corrected chi connectivity index (χ2v) is 6.73. The maximum absolute atomic E-state index is 12.3. The van der Waals surface area contributed by atoms with Crippen LogP contribution in [0.1, 0.15) is 5.56 Å². The summed E-state index contributed by atoms with van der Waals surface area (Å²) in [5.74, 6) is 2.93. The highest BCUT2D eigenvalue weighted by Gasteiger charge is 2.26. The zero-order chi connectivity index (χ0) is 20.8. The van der Waals surface area contributed by atoms with E-state index in [1.165, 1.54) is 0 Å². The van der Waals surface area contributed by atoms with Gasteiger partial charge in [0, 0.05) is 19.3 Å². The van der Waals surface area contributed by atoms with E-state index < -0.39 is 6.10 Å². The van der Waals surface area contributed by atoms with E-state index in [0.29, 0.717) is 42.0 Å². The molecule has 3 N–H and O–H groups in total. The highest BCUT2D eigenvalue weighted by molar-refractivity contribution is 5.81. The molecule has 0 saturated heterocycles. The Balaban J connectivity index is 1.20. The van der Waals surface area contributed by atoms with E-state index in [1.54, 1.807) is 12.3 Å². The molecule has 1 aromatic carbocycles. The van der Waals surface area contributed by atoms with Gasteiger partial charge in [0.15, 0.2) is 17.3 Å². The van der Waals surface area contributed by atoms with Gasteiger partial charge in [-0.15, -0.1) is 10.2 Å². The molecule has 0 aliphatic carbocycles. The minimum Gasteiger partial charge on any atom is -0.485 e. The van der Waals surface area contributed by atoms with Crippen LogP contribution in [-0.2, 0) is 4.79 Å². The third-order valence-electron chi connectivity index (χ3n) is 4.37. The molecule has 0 spiro atoms. The van der Waals surface area contributed by atoms with Crippen molar-refractivity contribution in [1.82, 2.24) is 20.5 Å². The summed E-state index contributed by atoms with van der Waals surface area (Å²) in [5, 5.41) is 17.3. The zero-order valence-electron chi connectivity index (χ0n) is 16.5. The molecule has 0 fully saturated rings. The van der Waals surface area contributed by atoms with Crippen molar-refractivity contribution in [2.24, 2.45) is 0 Å². The SMILES string of the molecule is Cc1ccnc(Nc2ccc(NCCNC(=O)[C@@H]3COc4ccccc4O3)nn2)c1. The van der Waals surface area contributed by atoms with Crippen LogP contribution in [0, 0.1) is 6.92 Å². The predicted octanol–water partition coefficient (Wildman–Crippen LogP) is 2.29. The highest BCUT2D eigenvalue weighted by Crippen LogP contribution is 2.30. The van der Waals surface area contributed by atoms with E-state index in [1.807, 2.05) is 49.4 Å². The number of anilines is 3. The fraction of sp³-hybridized carbons (Fsp3) is 0.238. The Bertz CT molecular complexity index is 1010. The molecule has 1 amide bonds. The Morgan fingerprint density at radius 1 is 1.03 bits per heavy atom. The van der Waals surface area contributed by atoms with Crippen molar-refractivity contribution in [1.29, 1.82) is 0 Å². The summed E-state index contributed by atoms with van der Waals surface area (Å²) in [4.78, 5) is 16.5. The lowest BCUT2D eigenvalue weighted by Crippen LogP contribution is -2.45. The molecule has 154 valence electrons. The zero-order valence-corrected chi connectivity index (χ0v) is 16.5. The number of nitrogens with zero attached hydrogens (tertiary/aromatic N) is 3. The van der Waals surface area contributed by atoms with Gasteiger partial charge in [-0.05, 0) is 48.9 Å². The number of para-hydroxylation sites is 2. The van der Waals surface area contributed by atoms with Crippen molar-refractivity contribution < 1.29 is 14.3 Å². The van der Waals surface area contributed by atoms with Crippen molar-refractivity contribution in [3.63, 3.8) is 0 Å². The van der Waals surface area contributed by atoms with E-state index in [0.717, 1.165) is 5.56 Å². The van der Waals surface area contributed by atoms with Crippen LogP contribution < -0.4 is 25.4 Å². The highest BCUT2D eigenvalue weighted by atomic mass is 16.6. The predicted molar refractivity (Wildman–Crippen MR) is 112 cm³/mol. The number of ether oxygens (including phenoxy) is 2. The minimum atomic E-state index is -0.666. The fourth-order valence-corrected chi connectivity index (χ4v) is 2.87. The number of benzene rings is 1. The lowest BCUT2D eigenvalue weighted by molar-refractivity contribution is -0.130. The van der Waals surface area contributed by atoms with Crippen LogP contribution in [0.4, 0.5) is 17.5 Å². The molecule has 0 radical (unpaired) electrons. The Morgan fingerprint density at radius 2 is 1.83 bits per heavy atom. The van der Waals surface area contributed by atoms with Crippen LogP contribution in [-0.4, -0.2) is 46.9 Å². The lowest BCUT2D eigenvalue weighted by Gasteiger charge is -2.25. The Morgan fingerprint density at radius 3 is 2.63 bits per heavy atom. The van der Waals surface area contributed by atoms with E-state index in [2.05, 4.69) is 31.1 Å². The van der Waals surface area contributed by atoms with Gasteiger partial charge in [0.05, 0.1) is 0 Å². The normalized spacial score (nSPS) is 14.6. The summed E-state index contributed by atoms with van der Waals surface area (Å²) in [7, 11) is 0. The largest absolute Gasteiger partial charge is 0.485 e. The van der Waals surface area contributed by atoms with Crippen LogP contribution in [0.3, 0.4) is 0 Å². The Labute approximate surface area is 173 Å². The van der Waals surface area contributed by atoms with E-state index in [-0.39, 0.29) is 12.5 Å². The number of aromatic nitrogens is 3. The number of hydrogen-bond donors (Lipinski definition) is 3. The van der Waals surface area contributed by atoms with Gasteiger partial charge in [0.2, 0.25) is 6.10 Å². The summed E-state index contributed by atoms with van der Waals surface area (Å²) in [6.07, 6.45) is 1.07. The second-order valence-electron chi connectivity index (χ2n) is 6.73. The molecule has 9 nitrogen and oxygen atoms in total. The third-order valence-corrected chi connectivity index (χ3v) is 4.37. The van der Waals surface area contributed by atoms with Gasteiger partial charge >= 0.3 is 0 Å². The lowest BCUT2D eigenvalue weighted by atomic mass is 10.2. The van der Waals surface area contributed by atoms with Crippen molar-refractivity contribution >= 4 is 23.4 Å². The average molecular weight is 406 g/mol. The first-order chi connectivity index (χ1) is 14.7. The summed E-state index contributed by atoms with van der Waals surface area (Å²) in [5.41, 5.74) is 1.11. The van der Waals surface area contributed by atoms with E-state index in [4.69, 9.17) is 9.47 Å². The van der Waals surface area contributed by atoms with Crippen molar-refractivity contribution in [3.05, 3.63) is 60.3 Å². The standard InChI is InChI=1S/C21H22N6O3/c1-14-8-9-22-20(12-14)25-19-7-6-18(26-27-19)23-10-11-24-21(28)17-13-29-15-4-2-3-5-16(15)30-17/h2-9,12,17H,10-11,13H2,1H3,(H,23,26)(H,24,28)(H,22,25,27)/t17-/m0/s1. The number of fused-ring (bicyclic) bond motifs is 1. The molecule has 2 aromatic heterocycles. The topological polar surface area (TPSA) is 110 Å². The summed E-state index contributed by atoms with van der Waals surface area (Å²) in [6, 6.07) is 14.8. The molecule has 0 saturated carbocycles. The summed E-state index contributed by atoms with van der Waals surface area (Å²) >= 11 is 0. The molecule has 0 unspecified atom stereocenters. The number of hydrogen-bond acceptors (Lipinski definition) is 8. The molecule has 4 rings (SSSR count). The van der Waals surface area contributed by atoms with Gasteiger partial charge in [-0.25, -0.2) is 4.98 Å². The van der Waals surface area contributed by atoms with Gasteiger partial charge in [0.1, 0.15) is 18.2 Å². The van der Waals surface area contributed by atoms with Gasteiger partial charge in [-0.2, -0.15) is 0 Å². The number of aryl methyl sites for hydroxylation is 1. The maximum Gasteiger partial charge on any atom is 0.264 e. The molecule has 1 aliphatic heterocycles. The molecule has 1 atom stereocenters. The third kappa shape index (κ3) is 4.93.